The van der Waals surface area contributed by atoms with Gasteiger partial charge in [-0.15, -0.1) is 0 Å². The van der Waals surface area contributed by atoms with Gasteiger partial charge in [-0.3, -0.25) is 0 Å². The van der Waals surface area contributed by atoms with Gasteiger partial charge in [0.2, 0.25) is 0 Å². The molecule has 0 amide bonds. The van der Waals surface area contributed by atoms with Gasteiger partial charge >= 0.3 is 0 Å². The normalized spacial score (nSPS) is 11.1. The highest BCUT2D eigenvalue weighted by molar-refractivity contribution is 8.00. The van der Waals surface area contributed by atoms with E-state index in [0.29, 0.717) is 0 Å². The SMILES string of the molecule is CCc1ccc(SNc2ncnc3c2nc(-c2ccc(C)cc2)n3C)cc1. The summed E-state index contributed by atoms with van der Waals surface area (Å²) in [7, 11) is 1.98. The first-order chi connectivity index (χ1) is 13.2. The van der Waals surface area contributed by atoms with E-state index in [-0.39, 0.29) is 0 Å². The van der Waals surface area contributed by atoms with Crippen molar-refractivity contribution in [1.29, 1.82) is 0 Å². The molecule has 0 unspecified atom stereocenters. The second-order valence-electron chi connectivity index (χ2n) is 6.46. The molecule has 0 saturated carbocycles. The minimum atomic E-state index is 0.721. The number of hydrogen-bond donors (Lipinski definition) is 1. The predicted octanol–water partition coefficient (Wildman–Crippen LogP) is 5.02. The second-order valence-corrected chi connectivity index (χ2v) is 7.34. The lowest BCUT2D eigenvalue weighted by molar-refractivity contribution is 0.939. The van der Waals surface area contributed by atoms with Crippen molar-refractivity contribution in [3.05, 3.63) is 66.0 Å². The van der Waals surface area contributed by atoms with Crippen molar-refractivity contribution in [3.63, 3.8) is 0 Å². The fourth-order valence-electron chi connectivity index (χ4n) is 2.94. The molecular formula is C21H21N5S. The topological polar surface area (TPSA) is 55.6 Å². The van der Waals surface area contributed by atoms with Gasteiger partial charge in [0.1, 0.15) is 12.2 Å². The van der Waals surface area contributed by atoms with Gasteiger partial charge in [-0.05, 0) is 43.0 Å². The summed E-state index contributed by atoms with van der Waals surface area (Å²) in [5.74, 6) is 1.60. The Hall–Kier alpha value is -2.86. The molecule has 4 aromatic rings. The quantitative estimate of drug-likeness (QED) is 0.496. The Morgan fingerprint density at radius 3 is 2.44 bits per heavy atom. The molecule has 2 aromatic heterocycles. The minimum absolute atomic E-state index is 0.721. The maximum absolute atomic E-state index is 4.81. The molecule has 0 aliphatic carbocycles. The van der Waals surface area contributed by atoms with E-state index in [1.54, 1.807) is 6.33 Å². The summed E-state index contributed by atoms with van der Waals surface area (Å²) < 4.78 is 5.34. The lowest BCUT2D eigenvalue weighted by Crippen LogP contribution is -1.96. The predicted molar refractivity (Wildman–Crippen MR) is 112 cm³/mol. The molecule has 6 heteroatoms. The lowest BCUT2D eigenvalue weighted by atomic mass is 10.1. The van der Waals surface area contributed by atoms with Crippen molar-refractivity contribution in [2.75, 3.05) is 4.72 Å². The average Bonchev–Trinajstić information content (AvgIpc) is 3.05. The molecule has 0 aliphatic heterocycles. The average molecular weight is 376 g/mol. The van der Waals surface area contributed by atoms with E-state index in [0.717, 1.165) is 39.7 Å². The number of imidazole rings is 1. The summed E-state index contributed by atoms with van der Waals surface area (Å²) in [6, 6.07) is 16.9. The highest BCUT2D eigenvalue weighted by atomic mass is 32.2. The van der Waals surface area contributed by atoms with E-state index in [1.807, 2.05) is 11.6 Å². The van der Waals surface area contributed by atoms with Crippen molar-refractivity contribution >= 4 is 28.9 Å². The minimum Gasteiger partial charge on any atom is -0.312 e. The van der Waals surface area contributed by atoms with Crippen molar-refractivity contribution in [2.45, 2.75) is 25.2 Å². The molecule has 4 rings (SSSR count). The monoisotopic (exact) mass is 375 g/mol. The second kappa shape index (κ2) is 7.40. The Kier molecular flexibility index (Phi) is 4.81. The molecule has 27 heavy (non-hydrogen) atoms. The molecule has 2 aromatic carbocycles. The van der Waals surface area contributed by atoms with Crippen molar-refractivity contribution in [1.82, 2.24) is 19.5 Å². The Balaban J connectivity index is 1.65. The van der Waals surface area contributed by atoms with Gasteiger partial charge in [0.15, 0.2) is 17.0 Å². The molecule has 2 heterocycles. The van der Waals surface area contributed by atoms with E-state index in [1.165, 1.54) is 23.1 Å². The van der Waals surface area contributed by atoms with Gasteiger partial charge in [0, 0.05) is 17.5 Å². The number of anilines is 1. The van der Waals surface area contributed by atoms with Crippen LogP contribution in [-0.2, 0) is 13.5 Å². The van der Waals surface area contributed by atoms with Crippen LogP contribution in [0.3, 0.4) is 0 Å². The van der Waals surface area contributed by atoms with Crippen LogP contribution in [0.5, 0.6) is 0 Å². The van der Waals surface area contributed by atoms with Gasteiger partial charge in [-0.25, -0.2) is 15.0 Å². The smallest absolute Gasteiger partial charge is 0.167 e. The van der Waals surface area contributed by atoms with Crippen LogP contribution in [0.2, 0.25) is 0 Å². The van der Waals surface area contributed by atoms with Gasteiger partial charge < -0.3 is 9.29 Å². The highest BCUT2D eigenvalue weighted by Crippen LogP contribution is 2.28. The van der Waals surface area contributed by atoms with Crippen LogP contribution in [0.4, 0.5) is 5.82 Å². The van der Waals surface area contributed by atoms with Crippen LogP contribution in [-0.4, -0.2) is 19.5 Å². The van der Waals surface area contributed by atoms with Gasteiger partial charge in [-0.1, -0.05) is 48.9 Å². The van der Waals surface area contributed by atoms with Crippen LogP contribution < -0.4 is 4.72 Å². The molecule has 0 aliphatic rings. The summed E-state index contributed by atoms with van der Waals surface area (Å²) in [4.78, 5) is 14.8. The van der Waals surface area contributed by atoms with Crippen LogP contribution >= 0.6 is 11.9 Å². The molecule has 5 nitrogen and oxygen atoms in total. The first-order valence-corrected chi connectivity index (χ1v) is 9.73. The zero-order valence-electron chi connectivity index (χ0n) is 15.6. The number of nitrogens with zero attached hydrogens (tertiary/aromatic N) is 4. The van der Waals surface area contributed by atoms with Crippen molar-refractivity contribution in [3.8, 4) is 11.4 Å². The molecule has 0 spiro atoms. The molecular weight excluding hydrogens is 354 g/mol. The Labute approximate surface area is 163 Å². The summed E-state index contributed by atoms with van der Waals surface area (Å²) >= 11 is 1.53. The number of nitrogens with one attached hydrogen (secondary N) is 1. The maximum atomic E-state index is 4.81. The Morgan fingerprint density at radius 2 is 1.74 bits per heavy atom. The van der Waals surface area contributed by atoms with Crippen LogP contribution in [0.25, 0.3) is 22.6 Å². The number of aryl methyl sites for hydroxylation is 3. The molecule has 136 valence electrons. The first kappa shape index (κ1) is 17.5. The van der Waals surface area contributed by atoms with Crippen molar-refractivity contribution in [2.24, 2.45) is 7.05 Å². The van der Waals surface area contributed by atoms with Crippen molar-refractivity contribution < 1.29 is 0 Å². The number of aromatic nitrogens is 4. The molecule has 0 fully saturated rings. The standard InChI is InChI=1S/C21H21N5S/c1-4-15-7-11-17(12-8-15)27-25-19-18-21(23-13-22-19)26(3)20(24-18)16-9-5-14(2)6-10-16/h5-13H,4H2,1-3H3,(H,22,23,25). The summed E-state index contributed by atoms with van der Waals surface area (Å²) in [5, 5.41) is 0. The van der Waals surface area contributed by atoms with Crippen LogP contribution in [0.15, 0.2) is 59.8 Å². The number of fused-ring (bicyclic) bond motifs is 1. The lowest BCUT2D eigenvalue weighted by Gasteiger charge is -2.05. The van der Waals surface area contributed by atoms with Crippen LogP contribution in [0.1, 0.15) is 18.1 Å². The number of rotatable bonds is 5. The Bertz CT molecular complexity index is 1070. The van der Waals surface area contributed by atoms with E-state index in [9.17, 15) is 0 Å². The molecule has 0 radical (unpaired) electrons. The third kappa shape index (κ3) is 3.53. The third-order valence-corrected chi connectivity index (χ3v) is 5.37. The number of benzene rings is 2. The van der Waals surface area contributed by atoms with E-state index in [2.05, 4.69) is 77.1 Å². The molecule has 0 bridgehead atoms. The highest BCUT2D eigenvalue weighted by Gasteiger charge is 2.15. The van der Waals surface area contributed by atoms with Crippen LogP contribution in [0, 0.1) is 6.92 Å². The maximum Gasteiger partial charge on any atom is 0.167 e. The van der Waals surface area contributed by atoms with E-state index < -0.39 is 0 Å². The molecule has 0 saturated heterocycles. The fraction of sp³-hybridized carbons (Fsp3) is 0.190. The van der Waals surface area contributed by atoms with E-state index >= 15 is 0 Å². The number of hydrogen-bond acceptors (Lipinski definition) is 5. The third-order valence-electron chi connectivity index (χ3n) is 4.56. The van der Waals surface area contributed by atoms with E-state index in [4.69, 9.17) is 4.98 Å². The largest absolute Gasteiger partial charge is 0.312 e. The summed E-state index contributed by atoms with van der Waals surface area (Å²) in [5.41, 5.74) is 5.20. The Morgan fingerprint density at radius 1 is 1.00 bits per heavy atom. The fourth-order valence-corrected chi connectivity index (χ4v) is 3.57. The zero-order chi connectivity index (χ0) is 18.8. The zero-order valence-corrected chi connectivity index (χ0v) is 16.4. The first-order valence-electron chi connectivity index (χ1n) is 8.92. The summed E-state index contributed by atoms with van der Waals surface area (Å²) in [6.45, 7) is 4.24. The summed E-state index contributed by atoms with van der Waals surface area (Å²) in [6.07, 6.45) is 2.62. The van der Waals surface area contributed by atoms with Gasteiger partial charge in [-0.2, -0.15) is 0 Å². The van der Waals surface area contributed by atoms with Gasteiger partial charge in [0.25, 0.3) is 0 Å². The molecule has 1 N–H and O–H groups in total. The molecule has 0 atom stereocenters. The van der Waals surface area contributed by atoms with Gasteiger partial charge in [0.05, 0.1) is 0 Å².